The van der Waals surface area contributed by atoms with Gasteiger partial charge in [0.15, 0.2) is 5.78 Å². The monoisotopic (exact) mass is 268 g/mol. The Balaban J connectivity index is 1.82. The first-order valence-corrected chi connectivity index (χ1v) is 7.25. The van der Waals surface area contributed by atoms with E-state index in [-0.39, 0.29) is 5.78 Å². The van der Waals surface area contributed by atoms with Crippen LogP contribution < -0.4 is 0 Å². The first-order valence-electron chi connectivity index (χ1n) is 6.09. The summed E-state index contributed by atoms with van der Waals surface area (Å²) in [7, 11) is 2.06. The van der Waals surface area contributed by atoms with E-state index in [4.69, 9.17) is 0 Å². The molecule has 0 N–H and O–H groups in total. The van der Waals surface area contributed by atoms with E-state index in [1.807, 2.05) is 11.8 Å². The third-order valence-corrected chi connectivity index (χ3v) is 4.38. The Hall–Kier alpha value is -0.940. The van der Waals surface area contributed by atoms with Crippen molar-refractivity contribution in [3.05, 3.63) is 29.8 Å². The zero-order chi connectivity index (χ0) is 13.0. The summed E-state index contributed by atoms with van der Waals surface area (Å²) in [6, 6.07) is 3.31. The predicted octanol–water partition coefficient (Wildman–Crippen LogP) is 2.23. The second-order valence-corrected chi connectivity index (χ2v) is 5.68. The highest BCUT2D eigenvalue weighted by molar-refractivity contribution is 7.99. The standard InChI is InChI=1S/C13H17FN2OS/c1-16(11-5-7-18-9-11)6-4-13(17)12-3-2-10(14)8-15-12/h2-3,8,11H,4-7,9H2,1H3. The zero-order valence-corrected chi connectivity index (χ0v) is 11.3. The Bertz CT molecular complexity index is 404. The largest absolute Gasteiger partial charge is 0.302 e. The lowest BCUT2D eigenvalue weighted by atomic mass is 10.1. The highest BCUT2D eigenvalue weighted by Crippen LogP contribution is 2.21. The summed E-state index contributed by atoms with van der Waals surface area (Å²) in [4.78, 5) is 17.9. The average Bonchev–Trinajstić information content (AvgIpc) is 2.90. The zero-order valence-electron chi connectivity index (χ0n) is 10.4. The van der Waals surface area contributed by atoms with Gasteiger partial charge in [-0.05, 0) is 31.4 Å². The molecule has 1 aliphatic rings. The maximum Gasteiger partial charge on any atom is 0.182 e. The number of carbonyl (C=O) groups is 1. The Labute approximate surface area is 111 Å². The van der Waals surface area contributed by atoms with Crippen LogP contribution in [0.5, 0.6) is 0 Å². The number of Topliss-reactive ketones (excluding diaryl/α,β-unsaturated/α-hetero) is 1. The summed E-state index contributed by atoms with van der Waals surface area (Å²) < 4.78 is 12.7. The van der Waals surface area contributed by atoms with Crippen LogP contribution in [0, 0.1) is 5.82 Å². The van der Waals surface area contributed by atoms with Crippen molar-refractivity contribution in [3.63, 3.8) is 0 Å². The van der Waals surface area contributed by atoms with Crippen LogP contribution in [0.15, 0.2) is 18.3 Å². The summed E-state index contributed by atoms with van der Waals surface area (Å²) in [5.74, 6) is 1.93. The van der Waals surface area contributed by atoms with Crippen molar-refractivity contribution in [2.75, 3.05) is 25.1 Å². The van der Waals surface area contributed by atoms with Gasteiger partial charge in [0.1, 0.15) is 11.5 Å². The van der Waals surface area contributed by atoms with E-state index in [9.17, 15) is 9.18 Å². The molecule has 0 aromatic carbocycles. The molecule has 2 heterocycles. The topological polar surface area (TPSA) is 33.2 Å². The fraction of sp³-hybridized carbons (Fsp3) is 0.538. The van der Waals surface area contributed by atoms with Crippen molar-refractivity contribution in [3.8, 4) is 0 Å². The molecule has 1 aromatic rings. The maximum atomic E-state index is 12.7. The molecule has 0 saturated carbocycles. The van der Waals surface area contributed by atoms with Gasteiger partial charge in [-0.15, -0.1) is 0 Å². The molecular formula is C13H17FN2OS. The van der Waals surface area contributed by atoms with Crippen LogP contribution in [0.2, 0.25) is 0 Å². The Morgan fingerprint density at radius 1 is 1.61 bits per heavy atom. The van der Waals surface area contributed by atoms with E-state index in [1.54, 1.807) is 0 Å². The molecule has 0 amide bonds. The van der Waals surface area contributed by atoms with Gasteiger partial charge in [0.05, 0.1) is 6.20 Å². The summed E-state index contributed by atoms with van der Waals surface area (Å²) >= 11 is 1.96. The number of thioether (sulfide) groups is 1. The van der Waals surface area contributed by atoms with Gasteiger partial charge < -0.3 is 4.90 Å². The summed E-state index contributed by atoms with van der Waals surface area (Å²) in [6.07, 6.45) is 2.73. The number of pyridine rings is 1. The number of aromatic nitrogens is 1. The first-order chi connectivity index (χ1) is 8.66. The van der Waals surface area contributed by atoms with Gasteiger partial charge in [0.2, 0.25) is 0 Å². The summed E-state index contributed by atoms with van der Waals surface area (Å²) in [5.41, 5.74) is 0.352. The van der Waals surface area contributed by atoms with Crippen LogP contribution in [0.25, 0.3) is 0 Å². The van der Waals surface area contributed by atoms with Gasteiger partial charge in [-0.1, -0.05) is 0 Å². The molecule has 1 aromatic heterocycles. The summed E-state index contributed by atoms with van der Waals surface area (Å²) in [5, 5.41) is 0. The molecule has 5 heteroatoms. The smallest absolute Gasteiger partial charge is 0.182 e. The van der Waals surface area contributed by atoms with Gasteiger partial charge in [0, 0.05) is 24.8 Å². The fourth-order valence-corrected chi connectivity index (χ4v) is 3.30. The predicted molar refractivity (Wildman–Crippen MR) is 71.5 cm³/mol. The lowest BCUT2D eigenvalue weighted by Crippen LogP contribution is -2.33. The Kier molecular flexibility index (Phi) is 4.72. The van der Waals surface area contributed by atoms with Crippen molar-refractivity contribution in [2.24, 2.45) is 0 Å². The molecule has 1 atom stereocenters. The molecule has 0 spiro atoms. The summed E-state index contributed by atoms with van der Waals surface area (Å²) in [6.45, 7) is 0.739. The molecule has 1 unspecified atom stereocenters. The third kappa shape index (κ3) is 3.53. The van der Waals surface area contributed by atoms with E-state index in [0.717, 1.165) is 18.5 Å². The first kappa shape index (κ1) is 13.5. The number of ketones is 1. The van der Waals surface area contributed by atoms with Gasteiger partial charge in [-0.2, -0.15) is 11.8 Å². The van der Waals surface area contributed by atoms with E-state index in [1.165, 1.54) is 24.3 Å². The normalized spacial score (nSPS) is 19.4. The second-order valence-electron chi connectivity index (χ2n) is 4.53. The quantitative estimate of drug-likeness (QED) is 0.767. The SMILES string of the molecule is CN(CCC(=O)c1ccc(F)cn1)C1CCSC1. The second kappa shape index (κ2) is 6.29. The molecule has 98 valence electrons. The molecular weight excluding hydrogens is 251 g/mol. The van der Waals surface area contributed by atoms with Gasteiger partial charge in [-0.3, -0.25) is 9.78 Å². The minimum absolute atomic E-state index is 0.0208. The van der Waals surface area contributed by atoms with Crippen molar-refractivity contribution < 1.29 is 9.18 Å². The van der Waals surface area contributed by atoms with Crippen molar-refractivity contribution in [1.29, 1.82) is 0 Å². The van der Waals surface area contributed by atoms with E-state index in [2.05, 4.69) is 16.9 Å². The van der Waals surface area contributed by atoms with Crippen molar-refractivity contribution in [1.82, 2.24) is 9.88 Å². The number of nitrogens with zero attached hydrogens (tertiary/aromatic N) is 2. The fourth-order valence-electron chi connectivity index (χ4n) is 2.00. The Morgan fingerprint density at radius 3 is 3.06 bits per heavy atom. The molecule has 0 bridgehead atoms. The Morgan fingerprint density at radius 2 is 2.44 bits per heavy atom. The lowest BCUT2D eigenvalue weighted by molar-refractivity contribution is 0.0958. The van der Waals surface area contributed by atoms with Crippen LogP contribution in [0.4, 0.5) is 4.39 Å². The molecule has 18 heavy (non-hydrogen) atoms. The van der Waals surface area contributed by atoms with Crippen LogP contribution in [0.3, 0.4) is 0 Å². The molecule has 1 aliphatic heterocycles. The molecule has 2 rings (SSSR count). The van der Waals surface area contributed by atoms with Crippen molar-refractivity contribution >= 4 is 17.5 Å². The minimum Gasteiger partial charge on any atom is -0.302 e. The van der Waals surface area contributed by atoms with E-state index in [0.29, 0.717) is 18.2 Å². The van der Waals surface area contributed by atoms with Crippen LogP contribution in [-0.4, -0.2) is 46.8 Å². The lowest BCUT2D eigenvalue weighted by Gasteiger charge is -2.22. The number of halogens is 1. The van der Waals surface area contributed by atoms with Gasteiger partial charge >= 0.3 is 0 Å². The number of hydrogen-bond acceptors (Lipinski definition) is 4. The minimum atomic E-state index is -0.411. The number of rotatable bonds is 5. The van der Waals surface area contributed by atoms with Crippen LogP contribution in [0.1, 0.15) is 23.3 Å². The molecule has 0 radical (unpaired) electrons. The number of carbonyl (C=O) groups excluding carboxylic acids is 1. The average molecular weight is 268 g/mol. The third-order valence-electron chi connectivity index (χ3n) is 3.23. The number of hydrogen-bond donors (Lipinski definition) is 0. The highest BCUT2D eigenvalue weighted by atomic mass is 32.2. The van der Waals surface area contributed by atoms with Crippen molar-refractivity contribution in [2.45, 2.75) is 18.9 Å². The van der Waals surface area contributed by atoms with Gasteiger partial charge in [0.25, 0.3) is 0 Å². The molecule has 3 nitrogen and oxygen atoms in total. The molecule has 0 aliphatic carbocycles. The molecule has 1 saturated heterocycles. The van der Waals surface area contributed by atoms with E-state index < -0.39 is 5.82 Å². The molecule has 1 fully saturated rings. The van der Waals surface area contributed by atoms with Crippen LogP contribution in [-0.2, 0) is 0 Å². The van der Waals surface area contributed by atoms with E-state index >= 15 is 0 Å². The van der Waals surface area contributed by atoms with Gasteiger partial charge in [-0.25, -0.2) is 4.39 Å². The highest BCUT2D eigenvalue weighted by Gasteiger charge is 2.20. The maximum absolute atomic E-state index is 12.7. The van der Waals surface area contributed by atoms with Crippen LogP contribution >= 0.6 is 11.8 Å².